The van der Waals surface area contributed by atoms with Gasteiger partial charge in [-0.1, -0.05) is 6.07 Å². The molecule has 1 aromatic heterocycles. The van der Waals surface area contributed by atoms with Crippen LogP contribution in [0.4, 0.5) is 10.7 Å². The first kappa shape index (κ1) is 20.9. The Morgan fingerprint density at radius 1 is 1.29 bits per heavy atom. The van der Waals surface area contributed by atoms with Gasteiger partial charge in [0, 0.05) is 12.7 Å². The first-order valence-corrected chi connectivity index (χ1v) is 9.29. The molecule has 0 saturated carbocycles. The molecule has 0 atom stereocenters. The van der Waals surface area contributed by atoms with E-state index in [-0.39, 0.29) is 29.6 Å². The molecule has 0 aliphatic rings. The summed E-state index contributed by atoms with van der Waals surface area (Å²) in [6, 6.07) is 8.74. The number of esters is 1. The van der Waals surface area contributed by atoms with Gasteiger partial charge in [-0.3, -0.25) is 9.59 Å². The van der Waals surface area contributed by atoms with E-state index in [4.69, 9.17) is 10.00 Å². The highest BCUT2D eigenvalue weighted by Gasteiger charge is 2.26. The van der Waals surface area contributed by atoms with Crippen LogP contribution in [0.5, 0.6) is 0 Å². The van der Waals surface area contributed by atoms with E-state index in [1.807, 2.05) is 6.07 Å². The third-order valence-electron chi connectivity index (χ3n) is 3.76. The molecule has 0 unspecified atom stereocenters. The number of ether oxygens (including phenoxy) is 1. The summed E-state index contributed by atoms with van der Waals surface area (Å²) in [5.74, 6) is -1.35. The van der Waals surface area contributed by atoms with Crippen LogP contribution in [0.1, 0.15) is 38.1 Å². The molecule has 8 nitrogen and oxygen atoms in total. The van der Waals surface area contributed by atoms with E-state index in [1.54, 1.807) is 38.1 Å². The molecule has 0 bridgehead atoms. The van der Waals surface area contributed by atoms with E-state index in [9.17, 15) is 14.4 Å². The predicted molar refractivity (Wildman–Crippen MR) is 107 cm³/mol. The van der Waals surface area contributed by atoms with Gasteiger partial charge in [0.05, 0.1) is 35.2 Å². The molecule has 1 aromatic carbocycles. The van der Waals surface area contributed by atoms with Crippen molar-refractivity contribution < 1.29 is 19.1 Å². The van der Waals surface area contributed by atoms with Crippen LogP contribution in [0.2, 0.25) is 0 Å². The summed E-state index contributed by atoms with van der Waals surface area (Å²) in [7, 11) is 1.49. The Hall–Kier alpha value is -3.38. The molecule has 9 heteroatoms. The molecule has 28 heavy (non-hydrogen) atoms. The minimum atomic E-state index is -0.601. The van der Waals surface area contributed by atoms with Gasteiger partial charge in [0.2, 0.25) is 5.91 Å². The Labute approximate surface area is 166 Å². The lowest BCUT2D eigenvalue weighted by Gasteiger charge is -2.09. The van der Waals surface area contributed by atoms with Crippen molar-refractivity contribution in [3.63, 3.8) is 0 Å². The summed E-state index contributed by atoms with van der Waals surface area (Å²) in [6.45, 7) is 3.41. The third kappa shape index (κ3) is 4.86. The lowest BCUT2D eigenvalue weighted by atomic mass is 10.1. The monoisotopic (exact) mass is 400 g/mol. The van der Waals surface area contributed by atoms with Crippen LogP contribution in [-0.4, -0.2) is 38.0 Å². The van der Waals surface area contributed by atoms with E-state index < -0.39 is 11.9 Å². The first-order valence-electron chi connectivity index (χ1n) is 8.47. The molecule has 0 fully saturated rings. The van der Waals surface area contributed by atoms with Gasteiger partial charge in [-0.2, -0.15) is 5.26 Å². The Kier molecular flexibility index (Phi) is 7.12. The Bertz CT molecular complexity index is 946. The van der Waals surface area contributed by atoms with E-state index >= 15 is 0 Å². The number of rotatable bonds is 7. The van der Waals surface area contributed by atoms with E-state index in [2.05, 4.69) is 16.0 Å². The van der Waals surface area contributed by atoms with Crippen LogP contribution in [0.25, 0.3) is 0 Å². The van der Waals surface area contributed by atoms with Crippen molar-refractivity contribution >= 4 is 39.8 Å². The molecule has 0 aliphatic heterocycles. The molecule has 2 aromatic rings. The smallest absolute Gasteiger partial charge is 0.341 e. The maximum absolute atomic E-state index is 12.3. The molecule has 2 amide bonds. The second kappa shape index (κ2) is 9.53. The molecule has 0 aliphatic carbocycles. The average Bonchev–Trinajstić information content (AvgIpc) is 3.02. The largest absolute Gasteiger partial charge is 0.462 e. The number of carbonyl (C=O) groups excluding carboxylic acids is 3. The molecule has 0 saturated heterocycles. The van der Waals surface area contributed by atoms with Gasteiger partial charge < -0.3 is 20.7 Å². The van der Waals surface area contributed by atoms with E-state index in [0.29, 0.717) is 21.7 Å². The zero-order valence-corrected chi connectivity index (χ0v) is 16.5. The summed E-state index contributed by atoms with van der Waals surface area (Å²) < 4.78 is 5.05. The molecule has 2 rings (SSSR count). The van der Waals surface area contributed by atoms with Gasteiger partial charge in [-0.25, -0.2) is 4.79 Å². The fraction of sp³-hybridized carbons (Fsp3) is 0.263. The zero-order valence-electron chi connectivity index (χ0n) is 15.7. The van der Waals surface area contributed by atoms with Crippen molar-refractivity contribution in [2.24, 2.45) is 0 Å². The second-order valence-electron chi connectivity index (χ2n) is 5.65. The van der Waals surface area contributed by atoms with Gasteiger partial charge in [-0.05, 0) is 37.6 Å². The van der Waals surface area contributed by atoms with Crippen LogP contribution >= 0.6 is 11.3 Å². The number of carbonyl (C=O) groups is 3. The maximum atomic E-state index is 12.3. The van der Waals surface area contributed by atoms with E-state index in [1.165, 1.54) is 7.05 Å². The number of anilines is 2. The predicted octanol–water partition coefficient (Wildman–Crippen LogP) is 2.52. The average molecular weight is 400 g/mol. The van der Waals surface area contributed by atoms with Crippen LogP contribution in [0, 0.1) is 18.3 Å². The van der Waals surface area contributed by atoms with Crippen LogP contribution < -0.4 is 16.0 Å². The summed E-state index contributed by atoms with van der Waals surface area (Å²) in [4.78, 5) is 37.0. The first-order chi connectivity index (χ1) is 13.4. The maximum Gasteiger partial charge on any atom is 0.341 e. The van der Waals surface area contributed by atoms with Gasteiger partial charge in [-0.15, -0.1) is 11.3 Å². The summed E-state index contributed by atoms with van der Waals surface area (Å²) >= 11 is 1.01. The zero-order chi connectivity index (χ0) is 20.7. The SMILES string of the molecule is CCOC(=O)c1c(NC(=O)CNc2cccc(C#N)c2)sc(C(=O)NC)c1C. The molecule has 3 N–H and O–H groups in total. The molecule has 1 heterocycles. The Balaban J connectivity index is 2.19. The molecule has 0 spiro atoms. The normalized spacial score (nSPS) is 9.93. The summed E-state index contributed by atoms with van der Waals surface area (Å²) in [5.41, 5.74) is 1.71. The number of nitriles is 1. The van der Waals surface area contributed by atoms with Crippen molar-refractivity contribution in [3.05, 3.63) is 45.8 Å². The van der Waals surface area contributed by atoms with Crippen LogP contribution in [0.3, 0.4) is 0 Å². The van der Waals surface area contributed by atoms with Gasteiger partial charge >= 0.3 is 5.97 Å². The highest BCUT2D eigenvalue weighted by atomic mass is 32.1. The highest BCUT2D eigenvalue weighted by molar-refractivity contribution is 7.18. The second-order valence-corrected chi connectivity index (χ2v) is 6.67. The minimum Gasteiger partial charge on any atom is -0.462 e. The van der Waals surface area contributed by atoms with Gasteiger partial charge in [0.15, 0.2) is 0 Å². The number of nitrogens with one attached hydrogen (secondary N) is 3. The molecule has 146 valence electrons. The van der Waals surface area contributed by atoms with Crippen LogP contribution in [-0.2, 0) is 9.53 Å². The highest BCUT2D eigenvalue weighted by Crippen LogP contribution is 2.33. The summed E-state index contributed by atoms with van der Waals surface area (Å²) in [5, 5.41) is 17.3. The van der Waals surface area contributed by atoms with Gasteiger partial charge in [0.25, 0.3) is 5.91 Å². The van der Waals surface area contributed by atoms with Crippen molar-refractivity contribution in [3.8, 4) is 6.07 Å². The van der Waals surface area contributed by atoms with Crippen molar-refractivity contribution in [1.82, 2.24) is 5.32 Å². The van der Waals surface area contributed by atoms with Crippen LogP contribution in [0.15, 0.2) is 24.3 Å². The van der Waals surface area contributed by atoms with Crippen molar-refractivity contribution in [2.75, 3.05) is 30.8 Å². The number of hydrogen-bond donors (Lipinski definition) is 3. The molecular weight excluding hydrogens is 380 g/mol. The molecule has 0 radical (unpaired) electrons. The quantitative estimate of drug-likeness (QED) is 0.614. The van der Waals surface area contributed by atoms with Crippen molar-refractivity contribution in [1.29, 1.82) is 5.26 Å². The minimum absolute atomic E-state index is 0.0800. The number of hydrogen-bond acceptors (Lipinski definition) is 7. The number of nitrogens with zero attached hydrogens (tertiary/aromatic N) is 1. The number of benzene rings is 1. The summed E-state index contributed by atoms with van der Waals surface area (Å²) in [6.07, 6.45) is 0. The fourth-order valence-corrected chi connectivity index (χ4v) is 3.59. The molecular formula is C19H20N4O4S. The number of thiophene rings is 1. The Morgan fingerprint density at radius 3 is 2.68 bits per heavy atom. The van der Waals surface area contributed by atoms with E-state index in [0.717, 1.165) is 11.3 Å². The Morgan fingerprint density at radius 2 is 2.04 bits per heavy atom. The topological polar surface area (TPSA) is 120 Å². The van der Waals surface area contributed by atoms with Crippen molar-refractivity contribution in [2.45, 2.75) is 13.8 Å². The lowest BCUT2D eigenvalue weighted by molar-refractivity contribution is -0.114. The standard InChI is InChI=1S/C19H20N4O4S/c1-4-27-19(26)15-11(2)16(17(25)21-3)28-18(15)23-14(24)10-22-13-7-5-6-12(8-13)9-20/h5-8,22H,4,10H2,1-3H3,(H,21,25)(H,23,24). The number of amides is 2. The third-order valence-corrected chi connectivity index (χ3v) is 4.96. The lowest BCUT2D eigenvalue weighted by Crippen LogP contribution is -2.22. The van der Waals surface area contributed by atoms with Gasteiger partial charge in [0.1, 0.15) is 5.00 Å². The fourth-order valence-electron chi connectivity index (χ4n) is 2.43.